The van der Waals surface area contributed by atoms with Crippen LogP contribution in [0.4, 0.5) is 0 Å². The molecule has 0 aliphatic heterocycles. The van der Waals surface area contributed by atoms with Crippen LogP contribution in [0.5, 0.6) is 5.75 Å². The second-order valence-electron chi connectivity index (χ2n) is 6.49. The first kappa shape index (κ1) is 16.5. The molecule has 1 aliphatic carbocycles. The van der Waals surface area contributed by atoms with Gasteiger partial charge in [-0.25, -0.2) is 0 Å². The number of benzene rings is 1. The summed E-state index contributed by atoms with van der Waals surface area (Å²) in [5.74, 6) is 1.60. The van der Waals surface area contributed by atoms with E-state index in [1.165, 1.54) is 48.1 Å². The Balaban J connectivity index is 1.53. The topological polar surface area (TPSA) is 21.3 Å². The number of hydrogen-bond donors (Lipinski definition) is 1. The molecule has 1 heterocycles. The normalized spacial score (nSPS) is 15.2. The third-order valence-corrected chi connectivity index (χ3v) is 5.61. The first-order valence-electron chi connectivity index (χ1n) is 8.76. The van der Waals surface area contributed by atoms with E-state index in [2.05, 4.69) is 41.0 Å². The molecule has 1 aromatic heterocycles. The summed E-state index contributed by atoms with van der Waals surface area (Å²) in [5, 5.41) is 5.47. The summed E-state index contributed by atoms with van der Waals surface area (Å²) in [6.45, 7) is 1.81. The summed E-state index contributed by atoms with van der Waals surface area (Å²) in [6, 6.07) is 11.1. The summed E-state index contributed by atoms with van der Waals surface area (Å²) in [4.78, 5) is 1.47. The van der Waals surface area contributed by atoms with Gasteiger partial charge < -0.3 is 10.1 Å². The third kappa shape index (κ3) is 4.82. The molecule has 0 amide bonds. The van der Waals surface area contributed by atoms with Gasteiger partial charge in [0.25, 0.3) is 0 Å². The van der Waals surface area contributed by atoms with E-state index in [0.29, 0.717) is 5.92 Å². The van der Waals surface area contributed by atoms with Gasteiger partial charge in [-0.15, -0.1) is 11.3 Å². The highest BCUT2D eigenvalue weighted by Gasteiger charge is 2.12. The zero-order valence-electron chi connectivity index (χ0n) is 14.0. The SMILES string of the molecule is CNCC(CCc1cccs1)COc1ccc2c(c1)CCCC2. The predicted molar refractivity (Wildman–Crippen MR) is 98.6 cm³/mol. The molecule has 0 spiro atoms. The van der Waals surface area contributed by atoms with Crippen molar-refractivity contribution in [3.8, 4) is 5.75 Å². The van der Waals surface area contributed by atoms with Crippen LogP contribution in [0, 0.1) is 5.92 Å². The van der Waals surface area contributed by atoms with Crippen LogP contribution in [0.3, 0.4) is 0 Å². The fourth-order valence-corrected chi connectivity index (χ4v) is 4.07. The van der Waals surface area contributed by atoms with Crippen molar-refractivity contribution in [2.45, 2.75) is 38.5 Å². The van der Waals surface area contributed by atoms with Crippen molar-refractivity contribution < 1.29 is 4.74 Å². The molecule has 1 unspecified atom stereocenters. The smallest absolute Gasteiger partial charge is 0.119 e. The van der Waals surface area contributed by atoms with E-state index in [1.54, 1.807) is 0 Å². The lowest BCUT2D eigenvalue weighted by molar-refractivity contribution is 0.238. The van der Waals surface area contributed by atoms with Crippen LogP contribution in [0.15, 0.2) is 35.7 Å². The summed E-state index contributed by atoms with van der Waals surface area (Å²) < 4.78 is 6.12. The molecular formula is C20H27NOS. The van der Waals surface area contributed by atoms with Gasteiger partial charge in [-0.1, -0.05) is 12.1 Å². The van der Waals surface area contributed by atoms with Crippen molar-refractivity contribution in [2.24, 2.45) is 5.92 Å². The van der Waals surface area contributed by atoms with E-state index >= 15 is 0 Å². The van der Waals surface area contributed by atoms with E-state index in [4.69, 9.17) is 4.74 Å². The molecule has 3 rings (SSSR count). The molecule has 1 aromatic carbocycles. The van der Waals surface area contributed by atoms with Gasteiger partial charge in [0, 0.05) is 17.3 Å². The minimum absolute atomic E-state index is 0.554. The van der Waals surface area contributed by atoms with E-state index in [9.17, 15) is 0 Å². The van der Waals surface area contributed by atoms with Crippen molar-refractivity contribution in [1.82, 2.24) is 5.32 Å². The summed E-state index contributed by atoms with van der Waals surface area (Å²) in [5.41, 5.74) is 3.02. The molecule has 0 saturated heterocycles. The van der Waals surface area contributed by atoms with Gasteiger partial charge in [0.15, 0.2) is 0 Å². The lowest BCUT2D eigenvalue weighted by atomic mass is 9.92. The Kier molecular flexibility index (Phi) is 6.12. The standard InChI is InChI=1S/C20H27NOS/c1-21-14-16(8-11-20-7-4-12-23-20)15-22-19-10-9-17-5-2-3-6-18(17)13-19/h4,7,9-10,12-13,16,21H,2-3,5-6,8,11,14-15H2,1H3. The molecule has 0 bridgehead atoms. The lowest BCUT2D eigenvalue weighted by Crippen LogP contribution is -2.25. The van der Waals surface area contributed by atoms with Crippen molar-refractivity contribution >= 4 is 11.3 Å². The minimum atomic E-state index is 0.554. The number of thiophene rings is 1. The highest BCUT2D eigenvalue weighted by molar-refractivity contribution is 7.09. The molecule has 1 aliphatic rings. The van der Waals surface area contributed by atoms with Crippen LogP contribution < -0.4 is 10.1 Å². The first-order valence-corrected chi connectivity index (χ1v) is 9.64. The second kappa shape index (κ2) is 8.51. The number of hydrogen-bond acceptors (Lipinski definition) is 3. The fraction of sp³-hybridized carbons (Fsp3) is 0.500. The molecule has 1 atom stereocenters. The van der Waals surface area contributed by atoms with Gasteiger partial charge in [-0.05, 0) is 80.3 Å². The van der Waals surface area contributed by atoms with Crippen molar-refractivity contribution in [3.05, 3.63) is 51.7 Å². The molecular weight excluding hydrogens is 302 g/mol. The van der Waals surface area contributed by atoms with Crippen molar-refractivity contribution in [3.63, 3.8) is 0 Å². The Morgan fingerprint density at radius 1 is 1.17 bits per heavy atom. The molecule has 2 aromatic rings. The largest absolute Gasteiger partial charge is 0.493 e. The van der Waals surface area contributed by atoms with E-state index in [-0.39, 0.29) is 0 Å². The molecule has 124 valence electrons. The van der Waals surface area contributed by atoms with Gasteiger partial charge in [0.05, 0.1) is 6.61 Å². The van der Waals surface area contributed by atoms with E-state index in [1.807, 2.05) is 18.4 Å². The summed E-state index contributed by atoms with van der Waals surface area (Å²) >= 11 is 1.85. The summed E-state index contributed by atoms with van der Waals surface area (Å²) in [6.07, 6.45) is 7.42. The molecule has 23 heavy (non-hydrogen) atoms. The van der Waals surface area contributed by atoms with Gasteiger partial charge in [-0.3, -0.25) is 0 Å². The molecule has 0 saturated carbocycles. The van der Waals surface area contributed by atoms with Crippen LogP contribution in [-0.2, 0) is 19.3 Å². The minimum Gasteiger partial charge on any atom is -0.493 e. The Morgan fingerprint density at radius 3 is 2.83 bits per heavy atom. The van der Waals surface area contributed by atoms with Gasteiger partial charge in [0.2, 0.25) is 0 Å². The Morgan fingerprint density at radius 2 is 2.04 bits per heavy atom. The highest BCUT2D eigenvalue weighted by Crippen LogP contribution is 2.26. The quantitative estimate of drug-likeness (QED) is 0.771. The average molecular weight is 330 g/mol. The van der Waals surface area contributed by atoms with Crippen LogP contribution >= 0.6 is 11.3 Å². The lowest BCUT2D eigenvalue weighted by Gasteiger charge is -2.19. The maximum Gasteiger partial charge on any atom is 0.119 e. The number of rotatable bonds is 8. The average Bonchev–Trinajstić information content (AvgIpc) is 3.11. The number of nitrogens with one attached hydrogen (secondary N) is 1. The van der Waals surface area contributed by atoms with Crippen LogP contribution in [0.1, 0.15) is 35.3 Å². The van der Waals surface area contributed by atoms with Crippen molar-refractivity contribution in [2.75, 3.05) is 20.2 Å². The van der Waals surface area contributed by atoms with Crippen LogP contribution in [-0.4, -0.2) is 20.2 Å². The maximum absolute atomic E-state index is 6.12. The highest BCUT2D eigenvalue weighted by atomic mass is 32.1. The number of aryl methyl sites for hydroxylation is 3. The van der Waals surface area contributed by atoms with E-state index in [0.717, 1.165) is 25.3 Å². The molecule has 2 nitrogen and oxygen atoms in total. The zero-order chi connectivity index (χ0) is 15.9. The number of fused-ring (bicyclic) bond motifs is 1. The molecule has 3 heteroatoms. The Bertz CT molecular complexity index is 594. The second-order valence-corrected chi connectivity index (χ2v) is 7.52. The van der Waals surface area contributed by atoms with Gasteiger partial charge >= 0.3 is 0 Å². The monoisotopic (exact) mass is 329 g/mol. The zero-order valence-corrected chi connectivity index (χ0v) is 14.8. The molecule has 0 radical (unpaired) electrons. The van der Waals surface area contributed by atoms with E-state index < -0.39 is 0 Å². The van der Waals surface area contributed by atoms with Gasteiger partial charge in [0.1, 0.15) is 5.75 Å². The Labute approximate surface area is 143 Å². The molecule has 0 fully saturated rings. The molecule has 1 N–H and O–H groups in total. The van der Waals surface area contributed by atoms with Crippen LogP contribution in [0.2, 0.25) is 0 Å². The maximum atomic E-state index is 6.12. The first-order chi connectivity index (χ1) is 11.3. The Hall–Kier alpha value is -1.32. The number of ether oxygens (including phenoxy) is 1. The third-order valence-electron chi connectivity index (χ3n) is 4.68. The van der Waals surface area contributed by atoms with Gasteiger partial charge in [-0.2, -0.15) is 0 Å². The predicted octanol–water partition coefficient (Wildman–Crippen LogP) is 4.47. The van der Waals surface area contributed by atoms with Crippen molar-refractivity contribution in [1.29, 1.82) is 0 Å². The summed E-state index contributed by atoms with van der Waals surface area (Å²) in [7, 11) is 2.02. The fourth-order valence-electron chi connectivity index (χ4n) is 3.35. The van der Waals surface area contributed by atoms with Crippen LogP contribution in [0.25, 0.3) is 0 Å².